The first-order valence-corrected chi connectivity index (χ1v) is 13.3. The summed E-state index contributed by atoms with van der Waals surface area (Å²) in [4.78, 5) is 41.5. The predicted molar refractivity (Wildman–Crippen MR) is 149 cm³/mol. The summed E-state index contributed by atoms with van der Waals surface area (Å²) in [6.45, 7) is 9.30. The maximum atomic E-state index is 13.0. The van der Waals surface area contributed by atoms with Gasteiger partial charge in [0.2, 0.25) is 5.96 Å². The van der Waals surface area contributed by atoms with Crippen LogP contribution in [0.3, 0.4) is 0 Å². The fourth-order valence-electron chi connectivity index (χ4n) is 5.96. The summed E-state index contributed by atoms with van der Waals surface area (Å²) in [5, 5.41) is 3.31. The van der Waals surface area contributed by atoms with Gasteiger partial charge in [0, 0.05) is 37.4 Å². The maximum Gasteiger partial charge on any atom is 0.322 e. The first kappa shape index (κ1) is 27.8. The number of carbonyl (C=O) groups is 2. The molecule has 2 saturated heterocycles. The van der Waals surface area contributed by atoms with Crippen molar-refractivity contribution in [2.24, 2.45) is 9.98 Å². The molecule has 3 fully saturated rings. The van der Waals surface area contributed by atoms with Gasteiger partial charge in [0.25, 0.3) is 0 Å². The summed E-state index contributed by atoms with van der Waals surface area (Å²) in [5.74, 6) is 0.285. The van der Waals surface area contributed by atoms with Crippen LogP contribution in [0.2, 0.25) is 0 Å². The van der Waals surface area contributed by atoms with Crippen molar-refractivity contribution in [1.29, 1.82) is 0 Å². The molecular formula is C28H41N7O3. The Bertz CT molecular complexity index is 1070. The summed E-state index contributed by atoms with van der Waals surface area (Å²) >= 11 is 0. The van der Waals surface area contributed by atoms with E-state index in [0.717, 1.165) is 31.4 Å². The van der Waals surface area contributed by atoms with Crippen LogP contribution in [0.1, 0.15) is 38.2 Å². The van der Waals surface area contributed by atoms with Crippen LogP contribution in [0, 0.1) is 0 Å². The highest BCUT2D eigenvalue weighted by atomic mass is 16.5. The molecular weight excluding hydrogens is 482 g/mol. The Labute approximate surface area is 226 Å². The van der Waals surface area contributed by atoms with Crippen molar-refractivity contribution in [3.05, 3.63) is 47.8 Å². The van der Waals surface area contributed by atoms with Crippen LogP contribution in [0.25, 0.3) is 0 Å². The smallest absolute Gasteiger partial charge is 0.322 e. The number of urea groups is 1. The number of nitrogens with zero attached hydrogens (tertiary/aromatic N) is 6. The summed E-state index contributed by atoms with van der Waals surface area (Å²) < 4.78 is 4.76. The van der Waals surface area contributed by atoms with Gasteiger partial charge in [0.05, 0.1) is 31.9 Å². The van der Waals surface area contributed by atoms with Crippen LogP contribution in [0.4, 0.5) is 4.79 Å². The standard InChI is InChI=1S/C28H41N7O3/c1-22(19-30-25(29-2)34-17-15-33(16-18-34)20-24(36)38-5)35-21-27(31-26(35)37)11-13-28(14-12-27,32(3)4)23-9-7-6-8-10-23/h6-10,19H,2,11-18,20-21H2,1,3-5H3,(H,31,37)/b22-19+,30-25+/t27-,28+. The third kappa shape index (κ3) is 5.76. The van der Waals surface area contributed by atoms with Crippen molar-refractivity contribution < 1.29 is 14.3 Å². The number of amides is 2. The van der Waals surface area contributed by atoms with E-state index in [9.17, 15) is 9.59 Å². The maximum absolute atomic E-state index is 13.0. The van der Waals surface area contributed by atoms with Crippen LogP contribution in [0.5, 0.6) is 0 Å². The molecule has 0 bridgehead atoms. The van der Waals surface area contributed by atoms with Crippen LogP contribution >= 0.6 is 0 Å². The molecule has 0 radical (unpaired) electrons. The third-order valence-corrected chi connectivity index (χ3v) is 8.45. The molecule has 2 aliphatic heterocycles. The van der Waals surface area contributed by atoms with Gasteiger partial charge >= 0.3 is 12.0 Å². The number of hydrogen-bond donors (Lipinski definition) is 1. The van der Waals surface area contributed by atoms with E-state index in [1.54, 1.807) is 11.1 Å². The first-order chi connectivity index (χ1) is 18.2. The van der Waals surface area contributed by atoms with E-state index in [-0.39, 0.29) is 29.6 Å². The van der Waals surface area contributed by atoms with Crippen LogP contribution in [-0.2, 0) is 15.1 Å². The highest BCUT2D eigenvalue weighted by molar-refractivity contribution is 5.85. The molecule has 38 heavy (non-hydrogen) atoms. The van der Waals surface area contributed by atoms with E-state index in [2.05, 4.69) is 71.3 Å². The van der Waals surface area contributed by atoms with Crippen LogP contribution < -0.4 is 5.32 Å². The van der Waals surface area contributed by atoms with Gasteiger partial charge in [-0.25, -0.2) is 14.8 Å². The molecule has 10 heteroatoms. The Hall–Kier alpha value is -3.24. The van der Waals surface area contributed by atoms with E-state index in [0.29, 0.717) is 38.7 Å². The molecule has 1 saturated carbocycles. The average Bonchev–Trinajstić information content (AvgIpc) is 3.26. The number of allylic oxidation sites excluding steroid dienone is 1. The number of hydrogen-bond acceptors (Lipinski definition) is 6. The minimum Gasteiger partial charge on any atom is -0.468 e. The monoisotopic (exact) mass is 523 g/mol. The highest BCUT2D eigenvalue weighted by Crippen LogP contribution is 2.46. The number of esters is 1. The van der Waals surface area contributed by atoms with E-state index in [1.165, 1.54) is 12.7 Å². The lowest BCUT2D eigenvalue weighted by atomic mass is 9.69. The third-order valence-electron chi connectivity index (χ3n) is 8.45. The van der Waals surface area contributed by atoms with Crippen molar-refractivity contribution in [3.8, 4) is 0 Å². The van der Waals surface area contributed by atoms with Gasteiger partial charge in [-0.05, 0) is 59.0 Å². The van der Waals surface area contributed by atoms with Gasteiger partial charge in [-0.3, -0.25) is 19.5 Å². The second-order valence-electron chi connectivity index (χ2n) is 10.8. The van der Waals surface area contributed by atoms with Gasteiger partial charge in [-0.15, -0.1) is 0 Å². The normalized spacial score (nSPS) is 27.1. The molecule has 1 aromatic rings. The zero-order valence-corrected chi connectivity index (χ0v) is 23.2. The Kier molecular flexibility index (Phi) is 8.52. The van der Waals surface area contributed by atoms with E-state index in [1.807, 2.05) is 16.7 Å². The molecule has 1 aliphatic carbocycles. The Morgan fingerprint density at radius 2 is 1.79 bits per heavy atom. The van der Waals surface area contributed by atoms with Crippen molar-refractivity contribution in [3.63, 3.8) is 0 Å². The SMILES string of the molecule is C=N/C(=N\C=C(/C)N1C[C@]2(CC[C@](c3ccccc3)(N(C)C)CC2)NC1=O)N1CCN(CC(=O)OC)CC1. The number of methoxy groups -OCH3 is 1. The molecule has 0 unspecified atom stereocenters. The topological polar surface area (TPSA) is 93.1 Å². The molecule has 2 amide bonds. The lowest BCUT2D eigenvalue weighted by Gasteiger charge is -2.48. The van der Waals surface area contributed by atoms with E-state index in [4.69, 9.17) is 4.74 Å². The lowest BCUT2D eigenvalue weighted by molar-refractivity contribution is -0.142. The van der Waals surface area contributed by atoms with Crippen molar-refractivity contribution >= 4 is 24.7 Å². The number of rotatable bonds is 6. The molecule has 10 nitrogen and oxygen atoms in total. The summed E-state index contributed by atoms with van der Waals surface area (Å²) in [6, 6.07) is 10.6. The molecule has 206 valence electrons. The number of ether oxygens (including phenoxy) is 1. The molecule has 1 spiro atoms. The molecule has 1 N–H and O–H groups in total. The van der Waals surface area contributed by atoms with Crippen LogP contribution in [0.15, 0.2) is 52.2 Å². The van der Waals surface area contributed by atoms with Crippen molar-refractivity contribution in [2.75, 3.05) is 60.5 Å². The molecule has 4 rings (SSSR count). The van der Waals surface area contributed by atoms with Gasteiger partial charge in [0.15, 0.2) is 0 Å². The van der Waals surface area contributed by atoms with Crippen molar-refractivity contribution in [2.45, 2.75) is 43.7 Å². The number of nitrogens with one attached hydrogen (secondary N) is 1. The minimum absolute atomic E-state index is 0.0226. The summed E-state index contributed by atoms with van der Waals surface area (Å²) in [7, 11) is 5.71. The zero-order valence-electron chi connectivity index (χ0n) is 23.2. The van der Waals surface area contributed by atoms with Gasteiger partial charge in [-0.2, -0.15) is 0 Å². The summed E-state index contributed by atoms with van der Waals surface area (Å²) in [6.07, 6.45) is 5.49. The van der Waals surface area contributed by atoms with Gasteiger partial charge in [0.1, 0.15) is 0 Å². The predicted octanol–water partition coefficient (Wildman–Crippen LogP) is 2.49. The summed E-state index contributed by atoms with van der Waals surface area (Å²) in [5.41, 5.74) is 1.85. The average molecular weight is 524 g/mol. The fraction of sp³-hybridized carbons (Fsp3) is 0.571. The molecule has 0 atom stereocenters. The molecule has 0 aromatic heterocycles. The Morgan fingerprint density at radius 3 is 2.37 bits per heavy atom. The Morgan fingerprint density at radius 1 is 1.13 bits per heavy atom. The zero-order chi connectivity index (χ0) is 27.3. The van der Waals surface area contributed by atoms with Gasteiger partial charge < -0.3 is 15.0 Å². The first-order valence-electron chi connectivity index (χ1n) is 13.3. The largest absolute Gasteiger partial charge is 0.468 e. The quantitative estimate of drug-likeness (QED) is 0.350. The van der Waals surface area contributed by atoms with E-state index >= 15 is 0 Å². The van der Waals surface area contributed by atoms with E-state index < -0.39 is 0 Å². The number of guanidine groups is 1. The molecule has 3 aliphatic rings. The second kappa shape index (κ2) is 11.7. The molecule has 1 aromatic carbocycles. The van der Waals surface area contributed by atoms with Gasteiger partial charge in [-0.1, -0.05) is 30.3 Å². The second-order valence-corrected chi connectivity index (χ2v) is 10.8. The van der Waals surface area contributed by atoms with Crippen molar-refractivity contribution in [1.82, 2.24) is 24.9 Å². The number of carbonyl (C=O) groups excluding carboxylic acids is 2. The minimum atomic E-state index is -0.236. The fourth-order valence-corrected chi connectivity index (χ4v) is 5.96. The highest BCUT2D eigenvalue weighted by Gasteiger charge is 2.50. The number of piperazine rings is 1. The Balaban J connectivity index is 1.39. The van der Waals surface area contributed by atoms with Crippen LogP contribution in [-0.4, -0.2) is 110 Å². The molecule has 2 heterocycles. The lowest BCUT2D eigenvalue weighted by Crippen LogP contribution is -2.53. The number of aliphatic imine (C=N–C) groups is 2. The number of benzene rings is 1.